The molecule has 0 heterocycles. The Morgan fingerprint density at radius 3 is 2.25 bits per heavy atom. The Morgan fingerprint density at radius 2 is 1.88 bits per heavy atom. The quantitative estimate of drug-likeness (QED) is 0.191. The average Bonchev–Trinajstić information content (AvgIpc) is 2.33. The minimum atomic E-state index is -1.53. The van der Waals surface area contributed by atoms with E-state index in [0.29, 0.717) is 23.2 Å². The van der Waals surface area contributed by atoms with Crippen LogP contribution in [-0.4, -0.2) is 60.5 Å². The maximum atomic E-state index is 10.3. The van der Waals surface area contributed by atoms with Crippen LogP contribution in [0.5, 0.6) is 0 Å². The van der Waals surface area contributed by atoms with Crippen LogP contribution in [0.1, 0.15) is 12.8 Å². The van der Waals surface area contributed by atoms with Gasteiger partial charge in [-0.25, -0.2) is 9.79 Å². The van der Waals surface area contributed by atoms with E-state index in [2.05, 4.69) is 4.99 Å². The number of methoxy groups -OCH3 is 3. The molecule has 0 spiro atoms. The molecule has 6 nitrogen and oxygen atoms in total. The fourth-order valence-electron chi connectivity index (χ4n) is 1.36. The van der Waals surface area contributed by atoms with Gasteiger partial charge in [-0.3, -0.25) is 0 Å². The standard InChI is InChI=1S/C9H19NO5Si/c1-13-8(12,5-4-6-10-7-11)9(16,14-2)15-3/h12H,4-6H2,1-3,16H3. The second kappa shape index (κ2) is 6.90. The number of aliphatic imine (C=N–C) groups is 1. The molecule has 0 aliphatic heterocycles. The van der Waals surface area contributed by atoms with Gasteiger partial charge in [0.05, 0.1) is 16.8 Å². The van der Waals surface area contributed by atoms with Gasteiger partial charge in [-0.15, -0.1) is 0 Å². The average molecular weight is 249 g/mol. The highest BCUT2D eigenvalue weighted by molar-refractivity contribution is 6.14. The third kappa shape index (κ3) is 3.48. The molecule has 0 radical (unpaired) electrons. The molecule has 7 heteroatoms. The summed E-state index contributed by atoms with van der Waals surface area (Å²) in [5.41, 5.74) is -1.13. The van der Waals surface area contributed by atoms with E-state index in [0.717, 1.165) is 0 Å². The van der Waals surface area contributed by atoms with E-state index in [-0.39, 0.29) is 6.42 Å². The van der Waals surface area contributed by atoms with Crippen molar-refractivity contribution < 1.29 is 24.1 Å². The summed E-state index contributed by atoms with van der Waals surface area (Å²) in [7, 11) is 4.71. The molecule has 0 bridgehead atoms. The first-order chi connectivity index (χ1) is 7.49. The molecule has 0 saturated heterocycles. The van der Waals surface area contributed by atoms with Crippen molar-refractivity contribution in [3.8, 4) is 0 Å². The van der Waals surface area contributed by atoms with Gasteiger partial charge in [0.2, 0.25) is 11.9 Å². The topological polar surface area (TPSA) is 77.4 Å². The summed E-state index contributed by atoms with van der Waals surface area (Å²) < 4.78 is 15.4. The predicted octanol–water partition coefficient (Wildman–Crippen LogP) is -1.25. The van der Waals surface area contributed by atoms with E-state index in [1.54, 1.807) is 0 Å². The number of rotatable bonds is 8. The van der Waals surface area contributed by atoms with Gasteiger partial charge >= 0.3 is 0 Å². The lowest BCUT2D eigenvalue weighted by Crippen LogP contribution is -2.58. The summed E-state index contributed by atoms with van der Waals surface area (Å²) >= 11 is 0. The van der Waals surface area contributed by atoms with Crippen LogP contribution in [-0.2, 0) is 19.0 Å². The molecule has 0 rings (SSSR count). The van der Waals surface area contributed by atoms with Gasteiger partial charge in [-0.1, -0.05) is 0 Å². The molecule has 0 aromatic carbocycles. The van der Waals surface area contributed by atoms with Crippen molar-refractivity contribution in [3.63, 3.8) is 0 Å². The predicted molar refractivity (Wildman–Crippen MR) is 60.9 cm³/mol. The fraction of sp³-hybridized carbons (Fsp3) is 0.889. The molecule has 0 aliphatic carbocycles. The number of ether oxygens (including phenoxy) is 3. The highest BCUT2D eigenvalue weighted by Crippen LogP contribution is 2.29. The van der Waals surface area contributed by atoms with Crippen LogP contribution in [0.15, 0.2) is 4.99 Å². The van der Waals surface area contributed by atoms with Gasteiger partial charge in [0.15, 0.2) is 5.41 Å². The largest absolute Gasteiger partial charge is 0.362 e. The third-order valence-corrected chi connectivity index (χ3v) is 4.27. The lowest BCUT2D eigenvalue weighted by atomic mass is 10.1. The highest BCUT2D eigenvalue weighted by Gasteiger charge is 2.47. The molecule has 1 N–H and O–H groups in total. The first-order valence-corrected chi connectivity index (χ1v) is 5.91. The van der Waals surface area contributed by atoms with Crippen LogP contribution in [0.4, 0.5) is 0 Å². The second-order valence-corrected chi connectivity index (χ2v) is 4.74. The highest BCUT2D eigenvalue weighted by atomic mass is 28.1. The molecule has 94 valence electrons. The number of hydrogen-bond donors (Lipinski definition) is 1. The summed E-state index contributed by atoms with van der Waals surface area (Å²) in [6.07, 6.45) is 2.18. The monoisotopic (exact) mass is 249 g/mol. The van der Waals surface area contributed by atoms with Crippen molar-refractivity contribution in [1.29, 1.82) is 0 Å². The summed E-state index contributed by atoms with van der Waals surface area (Å²) in [6, 6.07) is 0. The van der Waals surface area contributed by atoms with Gasteiger partial charge in [0, 0.05) is 27.8 Å². The van der Waals surface area contributed by atoms with Crippen LogP contribution in [0, 0.1) is 0 Å². The van der Waals surface area contributed by atoms with Crippen molar-refractivity contribution in [3.05, 3.63) is 0 Å². The Morgan fingerprint density at radius 1 is 1.31 bits per heavy atom. The summed E-state index contributed by atoms with van der Waals surface area (Å²) in [4.78, 5) is 13.3. The minimum Gasteiger partial charge on any atom is -0.362 e. The molecule has 0 fully saturated rings. The maximum Gasteiger partial charge on any atom is 0.234 e. The van der Waals surface area contributed by atoms with Gasteiger partial charge in [0.1, 0.15) is 0 Å². The van der Waals surface area contributed by atoms with Crippen molar-refractivity contribution in [1.82, 2.24) is 0 Å². The summed E-state index contributed by atoms with van der Waals surface area (Å²) in [6.45, 7) is 0.292. The SMILES string of the molecule is COC(O)(CCCN=C=O)C([SiH3])(OC)OC. The molecular formula is C9H19NO5Si. The van der Waals surface area contributed by atoms with Crippen molar-refractivity contribution in [2.45, 2.75) is 24.0 Å². The lowest BCUT2D eigenvalue weighted by molar-refractivity contribution is -0.343. The number of carbonyl (C=O) groups excluding carboxylic acids is 1. The van der Waals surface area contributed by atoms with Crippen molar-refractivity contribution in [2.24, 2.45) is 4.99 Å². The maximum absolute atomic E-state index is 10.3. The van der Waals surface area contributed by atoms with E-state index in [4.69, 9.17) is 14.2 Å². The number of aliphatic hydroxyl groups is 1. The zero-order valence-electron chi connectivity index (χ0n) is 10.1. The zero-order valence-corrected chi connectivity index (χ0v) is 12.1. The van der Waals surface area contributed by atoms with E-state index in [1.165, 1.54) is 27.4 Å². The van der Waals surface area contributed by atoms with Crippen molar-refractivity contribution >= 4 is 16.3 Å². The van der Waals surface area contributed by atoms with E-state index < -0.39 is 11.2 Å². The van der Waals surface area contributed by atoms with E-state index >= 15 is 0 Å². The Kier molecular flexibility index (Phi) is 6.66. The molecule has 1 atom stereocenters. The first kappa shape index (κ1) is 15.4. The second-order valence-electron chi connectivity index (χ2n) is 3.42. The van der Waals surface area contributed by atoms with Crippen LogP contribution in [0.25, 0.3) is 0 Å². The van der Waals surface area contributed by atoms with Crippen LogP contribution >= 0.6 is 0 Å². The molecular weight excluding hydrogens is 230 g/mol. The minimum absolute atomic E-state index is 0.264. The number of nitrogens with zero attached hydrogens (tertiary/aromatic N) is 1. The van der Waals surface area contributed by atoms with Gasteiger partial charge in [-0.05, 0) is 6.42 Å². The summed E-state index contributed by atoms with van der Waals surface area (Å²) in [5, 5.41) is 10.3. The lowest BCUT2D eigenvalue weighted by Gasteiger charge is -2.41. The smallest absolute Gasteiger partial charge is 0.234 e. The van der Waals surface area contributed by atoms with Crippen LogP contribution in [0.2, 0.25) is 0 Å². The van der Waals surface area contributed by atoms with E-state index in [9.17, 15) is 9.90 Å². The number of isocyanates is 1. The van der Waals surface area contributed by atoms with Crippen LogP contribution < -0.4 is 0 Å². The van der Waals surface area contributed by atoms with E-state index in [1.807, 2.05) is 0 Å². The molecule has 0 aromatic heterocycles. The van der Waals surface area contributed by atoms with Crippen LogP contribution in [0.3, 0.4) is 0 Å². The molecule has 0 saturated carbocycles. The Hall–Kier alpha value is -0.563. The van der Waals surface area contributed by atoms with Gasteiger partial charge < -0.3 is 19.3 Å². The third-order valence-electron chi connectivity index (χ3n) is 2.68. The van der Waals surface area contributed by atoms with Gasteiger partial charge in [-0.2, -0.15) is 0 Å². The molecule has 16 heavy (non-hydrogen) atoms. The Balaban J connectivity index is 4.56. The molecule has 0 aliphatic rings. The van der Waals surface area contributed by atoms with Crippen molar-refractivity contribution in [2.75, 3.05) is 27.9 Å². The molecule has 0 amide bonds. The molecule has 1 unspecified atom stereocenters. The zero-order chi connectivity index (χ0) is 12.7. The molecule has 0 aromatic rings. The first-order valence-electron chi connectivity index (χ1n) is 4.91. The normalized spacial score (nSPS) is 15.5. The number of hydrogen-bond acceptors (Lipinski definition) is 6. The Labute approximate surface area is 98.0 Å². The Bertz CT molecular complexity index is 252. The summed E-state index contributed by atoms with van der Waals surface area (Å²) in [5.74, 6) is -1.53. The fourth-order valence-corrected chi connectivity index (χ4v) is 1.81. The van der Waals surface area contributed by atoms with Gasteiger partial charge in [0.25, 0.3) is 0 Å².